The minimum atomic E-state index is -4.80. The number of benzene rings is 4. The number of rotatable bonds is 8. The van der Waals surface area contributed by atoms with Crippen LogP contribution in [0.5, 0.6) is 0 Å². The lowest BCUT2D eigenvalue weighted by atomic mass is 9.82. The Labute approximate surface area is 543 Å². The van der Waals surface area contributed by atoms with Crippen LogP contribution in [-0.2, 0) is 42.7 Å². The maximum absolute atomic E-state index is 15.6. The Bertz CT molecular complexity index is 4410. The summed E-state index contributed by atoms with van der Waals surface area (Å²) in [6, 6.07) is 15.7. The summed E-state index contributed by atoms with van der Waals surface area (Å²) in [6.45, 7) is 32.9. The highest BCUT2D eigenvalue weighted by molar-refractivity contribution is 7.81. The number of nitrogens with one attached hydrogen (secondary N) is 1. The van der Waals surface area contributed by atoms with Gasteiger partial charge >= 0.3 is 19.4 Å². The van der Waals surface area contributed by atoms with Crippen LogP contribution < -0.4 is 15.3 Å². The van der Waals surface area contributed by atoms with Crippen molar-refractivity contribution in [3.63, 3.8) is 0 Å². The molecule has 4 aromatic heterocycles. The third kappa shape index (κ3) is 12.7. The molecule has 2 unspecified atom stereocenters. The van der Waals surface area contributed by atoms with Gasteiger partial charge in [0.25, 0.3) is 0 Å². The number of nitriles is 1. The number of anilines is 2. The lowest BCUT2D eigenvalue weighted by Gasteiger charge is -2.32. The van der Waals surface area contributed by atoms with Crippen molar-refractivity contribution in [1.29, 1.82) is 5.26 Å². The van der Waals surface area contributed by atoms with E-state index in [9.17, 15) is 27.6 Å². The Kier molecular flexibility index (Phi) is 18.3. The number of aromatic nitrogens is 8. The van der Waals surface area contributed by atoms with Crippen LogP contribution in [0.1, 0.15) is 141 Å². The minimum absolute atomic E-state index is 0.00111. The van der Waals surface area contributed by atoms with Gasteiger partial charge in [-0.15, -0.1) is 0 Å². The first-order valence-electron chi connectivity index (χ1n) is 29.0. The molecule has 3 aliphatic heterocycles. The Hall–Kier alpha value is -8.53. The van der Waals surface area contributed by atoms with Crippen LogP contribution in [0.4, 0.5) is 43.8 Å². The number of aryl methyl sites for hydroxylation is 3. The van der Waals surface area contributed by atoms with E-state index < -0.39 is 87.6 Å². The van der Waals surface area contributed by atoms with Gasteiger partial charge in [-0.3, -0.25) is 14.7 Å². The monoisotopic (exact) mass is 1310 g/mol. The Morgan fingerprint density at radius 1 is 0.793 bits per heavy atom. The van der Waals surface area contributed by atoms with Crippen molar-refractivity contribution in [1.82, 2.24) is 39.9 Å². The number of carbonyl (C=O) groups is 3. The highest BCUT2D eigenvalue weighted by atomic mass is 35.5. The number of aromatic amines is 1. The van der Waals surface area contributed by atoms with Crippen molar-refractivity contribution in [2.75, 3.05) is 9.80 Å². The molecule has 3 aliphatic rings. The lowest BCUT2D eigenvalue weighted by Crippen LogP contribution is -2.44. The fourth-order valence-electron chi connectivity index (χ4n) is 10.9. The number of halogens is 6. The molecule has 3 saturated heterocycles. The highest BCUT2D eigenvalue weighted by Crippen LogP contribution is 2.46. The summed E-state index contributed by atoms with van der Waals surface area (Å²) in [5.41, 5.74) is -0.607. The number of carbonyl (C=O) groups excluding carboxylic acids is 3. The number of nitrogens with zero attached hydrogens (tertiary/aromatic N) is 11. The van der Waals surface area contributed by atoms with Gasteiger partial charge in [-0.1, -0.05) is 74.1 Å². The van der Waals surface area contributed by atoms with Crippen molar-refractivity contribution in [3.05, 3.63) is 153 Å². The van der Waals surface area contributed by atoms with Gasteiger partial charge in [0, 0.05) is 64.6 Å². The number of thiocarbonyl (C=S) groups is 2. The number of alkyl halides is 3. The molecule has 27 heteroatoms. The molecule has 2 atom stereocenters. The molecule has 3 fully saturated rings. The summed E-state index contributed by atoms with van der Waals surface area (Å²) < 4.78 is 89.5. The van der Waals surface area contributed by atoms with E-state index in [4.69, 9.17) is 61.9 Å². The number of hydrogen-bond acceptors (Lipinski definition) is 15. The van der Waals surface area contributed by atoms with Crippen LogP contribution in [-0.4, -0.2) is 103 Å². The molecule has 7 heterocycles. The van der Waals surface area contributed by atoms with E-state index in [1.807, 2.05) is 68.4 Å². The fraction of sp³-hybridized carbons (Fsp3) is 0.369. The number of H-pyrrole nitrogens is 1. The van der Waals surface area contributed by atoms with Gasteiger partial charge in [0.1, 0.15) is 33.4 Å². The number of ether oxygens (including phenoxy) is 1. The van der Waals surface area contributed by atoms with Gasteiger partial charge in [0.05, 0.1) is 79.8 Å². The number of ketones is 2. The van der Waals surface area contributed by atoms with Gasteiger partial charge in [0.2, 0.25) is 0 Å². The van der Waals surface area contributed by atoms with E-state index in [2.05, 4.69) is 40.1 Å². The average molecular weight is 1310 g/mol. The molecular formula is C65H63BClF5N12O6S2. The van der Waals surface area contributed by atoms with Gasteiger partial charge in [-0.05, 0) is 136 Å². The van der Waals surface area contributed by atoms with Crippen LogP contribution in [0.2, 0.25) is 5.15 Å². The zero-order chi connectivity index (χ0) is 67.7. The van der Waals surface area contributed by atoms with Crippen LogP contribution in [0, 0.1) is 36.5 Å². The Morgan fingerprint density at radius 2 is 1.32 bits per heavy atom. The lowest BCUT2D eigenvalue weighted by molar-refractivity contribution is -0.138. The van der Waals surface area contributed by atoms with Crippen LogP contribution in [0.3, 0.4) is 0 Å². The summed E-state index contributed by atoms with van der Waals surface area (Å²) >= 11 is 17.7. The van der Waals surface area contributed by atoms with Crippen molar-refractivity contribution in [3.8, 4) is 17.3 Å². The third-order valence-corrected chi connectivity index (χ3v) is 17.5. The topological polar surface area (TPSA) is 212 Å². The molecule has 0 saturated carbocycles. The first-order chi connectivity index (χ1) is 42.9. The van der Waals surface area contributed by atoms with Crippen molar-refractivity contribution in [2.45, 2.75) is 156 Å². The van der Waals surface area contributed by atoms with Crippen molar-refractivity contribution < 1.29 is 50.4 Å². The minimum Gasteiger partial charge on any atom is -0.442 e. The van der Waals surface area contributed by atoms with E-state index >= 15 is 8.78 Å². The molecule has 476 valence electrons. The quantitative estimate of drug-likeness (QED) is 0.0492. The zero-order valence-electron chi connectivity index (χ0n) is 52.7. The van der Waals surface area contributed by atoms with E-state index in [1.54, 1.807) is 82.5 Å². The molecule has 0 radical (unpaired) electrons. The van der Waals surface area contributed by atoms with E-state index in [0.717, 1.165) is 34.0 Å². The maximum Gasteiger partial charge on any atom is 0.498 e. The summed E-state index contributed by atoms with van der Waals surface area (Å²) in [5, 5.41) is 20.6. The second-order valence-corrected chi connectivity index (χ2v) is 26.4. The van der Waals surface area contributed by atoms with E-state index in [1.165, 1.54) is 29.2 Å². The summed E-state index contributed by atoms with van der Waals surface area (Å²) in [7, 11) is -0.536. The molecule has 8 aromatic rings. The second kappa shape index (κ2) is 24.8. The summed E-state index contributed by atoms with van der Waals surface area (Å²) in [4.78, 5) is 63.4. The Balaban J connectivity index is 0.000000169. The molecule has 4 aromatic carbocycles. The van der Waals surface area contributed by atoms with Gasteiger partial charge in [-0.25, -0.2) is 38.4 Å². The van der Waals surface area contributed by atoms with Gasteiger partial charge in [-0.2, -0.15) is 33.3 Å². The summed E-state index contributed by atoms with van der Waals surface area (Å²) in [6.07, 6.45) is 2.14. The molecular weight excluding hydrogens is 1250 g/mol. The molecule has 18 nitrogen and oxygen atoms in total. The standard InChI is InChI=1S/C27H23FN6OS.C24H17ClF4N4OS.C14H23BN2O4/c1-6-21-32-23(16-12-30-31-13-16)18-10-17(11-19(28)24(18)33-21)34-26(36)22(25(35)27(34,3)4)15-7-8-20(29-5)14(2)9-15;1-4-17-31-19-14(21(25)32-17)8-13(9-16(19)26)33-22(35)18(20(34)23(33,2)3)11-5-6-12(10-30)15(7-11)24(27,28)29;1-12(2,3)19-11(18)17-9-10(8-16-17)15-20-13(4,5)14(6,7)21-15/h7-13,22H,6H2,1-4H3,(H,30,31);5-9,18H,4H2,1-3H3;8-9H,1-7H3. The largest absolute Gasteiger partial charge is 0.498 e. The average Bonchev–Trinajstić information content (AvgIpc) is 1.53. The van der Waals surface area contributed by atoms with Crippen LogP contribution >= 0.6 is 36.0 Å². The molecule has 11 rings (SSSR count). The Morgan fingerprint density at radius 3 is 1.80 bits per heavy atom. The van der Waals surface area contributed by atoms with Crippen LogP contribution in [0.15, 0.2) is 85.5 Å². The van der Waals surface area contributed by atoms with E-state index in [-0.39, 0.29) is 43.6 Å². The van der Waals surface area contributed by atoms with Crippen molar-refractivity contribution in [2.24, 2.45) is 0 Å². The maximum atomic E-state index is 15.6. The second-order valence-electron chi connectivity index (χ2n) is 25.2. The van der Waals surface area contributed by atoms with Gasteiger partial charge < -0.3 is 23.8 Å². The number of hydrogen-bond donors (Lipinski definition) is 1. The third-order valence-electron chi connectivity index (χ3n) is 16.4. The first kappa shape index (κ1) is 67.9. The van der Waals surface area contributed by atoms with Crippen molar-refractivity contribution >= 4 is 115 Å². The molecule has 1 N–H and O–H groups in total. The predicted octanol–water partition coefficient (Wildman–Crippen LogP) is 14.0. The molecule has 0 spiro atoms. The SMILES string of the molecule is CC(C)(C)OC(=O)n1cc(B2OC(C)(C)C(C)(C)O2)cn1.CCc1nc(Cl)c2cc(N3C(=S)C(c4ccc(C#N)c(C(F)(F)F)c4)C(=O)C3(C)C)cc(F)c2n1.[C-]#[N+]c1ccc(C2C(=O)C(C)(C)N(c3cc(F)c4nc(CC)nc(-c5cn[nH]c5)c4c3)C2=S)cc1C. The number of fused-ring (bicyclic) bond motifs is 2. The zero-order valence-corrected chi connectivity index (χ0v) is 55.1. The van der Waals surface area contributed by atoms with Gasteiger partial charge in [0.15, 0.2) is 28.9 Å². The highest BCUT2D eigenvalue weighted by Gasteiger charge is 2.55. The number of Topliss-reactive ketones (excluding diaryl/α,β-unsaturated/α-hetero) is 2. The molecule has 92 heavy (non-hydrogen) atoms. The molecule has 0 aliphatic carbocycles. The predicted molar refractivity (Wildman–Crippen MR) is 347 cm³/mol. The van der Waals surface area contributed by atoms with Crippen LogP contribution in [0.25, 0.3) is 37.9 Å². The van der Waals surface area contributed by atoms with E-state index in [0.29, 0.717) is 63.0 Å². The smallest absolute Gasteiger partial charge is 0.442 e. The molecule has 0 bridgehead atoms. The summed E-state index contributed by atoms with van der Waals surface area (Å²) in [5.74, 6) is -2.78. The normalized spacial score (nSPS) is 18.2. The molecule has 0 amide bonds. The first-order valence-corrected chi connectivity index (χ1v) is 30.2. The fourth-order valence-corrected chi connectivity index (χ4v) is 12.3.